The number of hydrogen-bond acceptors (Lipinski definition) is 2. The lowest BCUT2D eigenvalue weighted by atomic mass is 10.0. The molecule has 0 bridgehead atoms. The first-order valence-electron chi connectivity index (χ1n) is 5.30. The maximum atomic E-state index is 13.0. The number of hydrogen-bond donors (Lipinski definition) is 0. The molecule has 0 saturated carbocycles. The van der Waals surface area contributed by atoms with Crippen LogP contribution in [0.3, 0.4) is 0 Å². The molecule has 0 N–H and O–H groups in total. The van der Waals surface area contributed by atoms with Crippen molar-refractivity contribution in [2.75, 3.05) is 0 Å². The first kappa shape index (κ1) is 15.2. The molecule has 106 valence electrons. The molecule has 1 aromatic carbocycles. The molecule has 8 heteroatoms. The Balaban J connectivity index is 2.62. The van der Waals surface area contributed by atoms with E-state index in [1.54, 1.807) is 0 Å². The van der Waals surface area contributed by atoms with Gasteiger partial charge in [0.2, 0.25) is 5.78 Å². The molecule has 0 radical (unpaired) electrons. The molecule has 0 fully saturated rings. The number of aromatic nitrogens is 2. The van der Waals surface area contributed by atoms with Gasteiger partial charge in [-0.1, -0.05) is 15.9 Å². The van der Waals surface area contributed by atoms with E-state index in [9.17, 15) is 18.0 Å². The third-order valence-corrected chi connectivity index (χ3v) is 3.71. The molecule has 0 atom stereocenters. The van der Waals surface area contributed by atoms with Crippen molar-refractivity contribution >= 4 is 37.6 Å². The summed E-state index contributed by atoms with van der Waals surface area (Å²) in [5.74, 6) is -0.739. The normalized spacial score (nSPS) is 11.7. The Morgan fingerprint density at radius 3 is 2.45 bits per heavy atom. The van der Waals surface area contributed by atoms with E-state index in [0.29, 0.717) is 4.47 Å². The summed E-state index contributed by atoms with van der Waals surface area (Å²) in [6.07, 6.45) is -3.25. The number of benzene rings is 1. The fourth-order valence-electron chi connectivity index (χ4n) is 1.74. The van der Waals surface area contributed by atoms with Gasteiger partial charge in [0.05, 0.1) is 16.2 Å². The van der Waals surface area contributed by atoms with Crippen molar-refractivity contribution < 1.29 is 18.0 Å². The Morgan fingerprint density at radius 1 is 1.30 bits per heavy atom. The molecule has 1 aromatic heterocycles. The molecule has 0 aliphatic carbocycles. The summed E-state index contributed by atoms with van der Waals surface area (Å²) in [6, 6.07) is 3.43. The van der Waals surface area contributed by atoms with Crippen LogP contribution in [0.25, 0.3) is 0 Å². The van der Waals surface area contributed by atoms with Crippen molar-refractivity contribution in [3.05, 3.63) is 50.2 Å². The van der Waals surface area contributed by atoms with E-state index in [0.717, 1.165) is 12.1 Å². The zero-order valence-corrected chi connectivity index (χ0v) is 13.2. The van der Waals surface area contributed by atoms with Crippen molar-refractivity contribution in [1.82, 2.24) is 9.78 Å². The Morgan fingerprint density at radius 2 is 1.95 bits per heavy atom. The summed E-state index contributed by atoms with van der Waals surface area (Å²) in [5.41, 5.74) is -1.33. The van der Waals surface area contributed by atoms with Crippen LogP contribution in [0.5, 0.6) is 0 Å². The first-order valence-corrected chi connectivity index (χ1v) is 6.89. The number of carbonyl (C=O) groups is 1. The van der Waals surface area contributed by atoms with E-state index in [4.69, 9.17) is 0 Å². The van der Waals surface area contributed by atoms with Crippen LogP contribution in [0.1, 0.15) is 21.6 Å². The quantitative estimate of drug-likeness (QED) is 0.694. The van der Waals surface area contributed by atoms with Gasteiger partial charge in [0.25, 0.3) is 0 Å². The highest BCUT2D eigenvalue weighted by Gasteiger charge is 2.36. The summed E-state index contributed by atoms with van der Waals surface area (Å²) >= 11 is 6.09. The molecule has 0 unspecified atom stereocenters. The zero-order valence-electron chi connectivity index (χ0n) is 10.0. The van der Waals surface area contributed by atoms with Crippen molar-refractivity contribution in [2.24, 2.45) is 7.05 Å². The molecule has 2 rings (SSSR count). The number of aryl methyl sites for hydroxylation is 1. The van der Waals surface area contributed by atoms with Gasteiger partial charge in [-0.2, -0.15) is 18.3 Å². The van der Waals surface area contributed by atoms with Gasteiger partial charge in [0.15, 0.2) is 0 Å². The van der Waals surface area contributed by atoms with Crippen molar-refractivity contribution in [2.45, 2.75) is 6.18 Å². The predicted octanol–water partition coefficient (Wildman–Crippen LogP) is 4.19. The summed E-state index contributed by atoms with van der Waals surface area (Å²) in [7, 11) is 1.49. The average Bonchev–Trinajstić information content (AvgIpc) is 2.67. The second-order valence-corrected chi connectivity index (χ2v) is 5.75. The molecule has 0 aliphatic rings. The number of alkyl halides is 3. The number of ketones is 1. The minimum atomic E-state index is -4.61. The van der Waals surface area contributed by atoms with Crippen molar-refractivity contribution in [1.29, 1.82) is 0 Å². The molecule has 0 spiro atoms. The lowest BCUT2D eigenvalue weighted by Crippen LogP contribution is -2.16. The number of rotatable bonds is 2. The van der Waals surface area contributed by atoms with E-state index >= 15 is 0 Å². The van der Waals surface area contributed by atoms with Gasteiger partial charge in [-0.05, 0) is 34.1 Å². The lowest BCUT2D eigenvalue weighted by molar-refractivity contribution is -0.137. The predicted molar refractivity (Wildman–Crippen MR) is 73.5 cm³/mol. The number of nitrogens with zero attached hydrogens (tertiary/aromatic N) is 2. The van der Waals surface area contributed by atoms with Crippen molar-refractivity contribution in [3.63, 3.8) is 0 Å². The van der Waals surface area contributed by atoms with Gasteiger partial charge >= 0.3 is 6.18 Å². The third kappa shape index (κ3) is 2.80. The molecule has 0 aliphatic heterocycles. The van der Waals surface area contributed by atoms with E-state index in [1.165, 1.54) is 24.0 Å². The van der Waals surface area contributed by atoms with Gasteiger partial charge in [0, 0.05) is 17.1 Å². The van der Waals surface area contributed by atoms with Gasteiger partial charge in [-0.25, -0.2) is 0 Å². The van der Waals surface area contributed by atoms with Crippen LogP contribution in [-0.2, 0) is 13.2 Å². The smallest absolute Gasteiger partial charge is 0.287 e. The molecule has 20 heavy (non-hydrogen) atoms. The standard InChI is InChI=1S/C12H7Br2F3N2O/c1-19-10(9(14)5-18-19)11(20)7-3-2-6(13)4-8(7)12(15,16)17/h2-5H,1H3. The largest absolute Gasteiger partial charge is 0.417 e. The summed E-state index contributed by atoms with van der Waals surface area (Å²) in [6.45, 7) is 0. The maximum absolute atomic E-state index is 13.0. The van der Waals surface area contributed by atoms with Gasteiger partial charge in [-0.3, -0.25) is 9.48 Å². The van der Waals surface area contributed by atoms with E-state index in [-0.39, 0.29) is 10.2 Å². The summed E-state index contributed by atoms with van der Waals surface area (Å²) < 4.78 is 40.9. The summed E-state index contributed by atoms with van der Waals surface area (Å²) in [4.78, 5) is 12.3. The highest BCUT2D eigenvalue weighted by Crippen LogP contribution is 2.35. The van der Waals surface area contributed by atoms with Crippen LogP contribution in [0.2, 0.25) is 0 Å². The van der Waals surface area contributed by atoms with Crippen LogP contribution in [-0.4, -0.2) is 15.6 Å². The van der Waals surface area contributed by atoms with E-state index < -0.39 is 23.1 Å². The third-order valence-electron chi connectivity index (χ3n) is 2.64. The van der Waals surface area contributed by atoms with Gasteiger partial charge in [0.1, 0.15) is 5.69 Å². The van der Waals surface area contributed by atoms with Crippen LogP contribution < -0.4 is 0 Å². The lowest BCUT2D eigenvalue weighted by Gasteiger charge is -2.12. The molecule has 2 aromatic rings. The monoisotopic (exact) mass is 410 g/mol. The highest BCUT2D eigenvalue weighted by molar-refractivity contribution is 9.10. The topological polar surface area (TPSA) is 34.9 Å². The molecule has 3 nitrogen and oxygen atoms in total. The Bertz CT molecular complexity index is 660. The SMILES string of the molecule is Cn1ncc(Br)c1C(=O)c1ccc(Br)cc1C(F)(F)F. The highest BCUT2D eigenvalue weighted by atomic mass is 79.9. The van der Waals surface area contributed by atoms with Crippen LogP contribution >= 0.6 is 31.9 Å². The average molecular weight is 412 g/mol. The number of halogens is 5. The van der Waals surface area contributed by atoms with Gasteiger partial charge in [-0.15, -0.1) is 0 Å². The second kappa shape index (κ2) is 5.33. The molecule has 0 amide bonds. The Kier molecular flexibility index (Phi) is 4.06. The Hall–Kier alpha value is -1.15. The first-order chi connectivity index (χ1) is 9.21. The van der Waals surface area contributed by atoms with E-state index in [2.05, 4.69) is 37.0 Å². The Labute approximate surface area is 129 Å². The molecule has 1 heterocycles. The van der Waals surface area contributed by atoms with Crippen LogP contribution in [0.15, 0.2) is 33.3 Å². The zero-order chi connectivity index (χ0) is 15.1. The maximum Gasteiger partial charge on any atom is 0.417 e. The van der Waals surface area contributed by atoms with Crippen LogP contribution in [0.4, 0.5) is 13.2 Å². The summed E-state index contributed by atoms with van der Waals surface area (Å²) in [5, 5.41) is 3.83. The van der Waals surface area contributed by atoms with E-state index in [1.807, 2.05) is 0 Å². The number of carbonyl (C=O) groups excluding carboxylic acids is 1. The van der Waals surface area contributed by atoms with Gasteiger partial charge < -0.3 is 0 Å². The fourth-order valence-corrected chi connectivity index (χ4v) is 2.63. The second-order valence-electron chi connectivity index (χ2n) is 3.98. The minimum absolute atomic E-state index is 0.0674. The van der Waals surface area contributed by atoms with Crippen LogP contribution in [0, 0.1) is 0 Å². The molecular formula is C12H7Br2F3N2O. The minimum Gasteiger partial charge on any atom is -0.287 e. The van der Waals surface area contributed by atoms with Crippen molar-refractivity contribution in [3.8, 4) is 0 Å². The molecule has 0 saturated heterocycles. The molecular weight excluding hydrogens is 405 g/mol. The fraction of sp³-hybridized carbons (Fsp3) is 0.167.